The molecule has 1 aromatic carbocycles. The number of benzene rings is 1. The standard InChI is InChI=1S/C14H15ClN2O2S/c1-10-9-20-14(19)17(10)7-6-13(18)16-8-11-2-4-12(15)5-3-11/h2-5,9H,6-8H2,1H3,(H,16,18). The van der Waals surface area contributed by atoms with Gasteiger partial charge in [-0.1, -0.05) is 35.1 Å². The van der Waals surface area contributed by atoms with Crippen molar-refractivity contribution in [2.75, 3.05) is 0 Å². The van der Waals surface area contributed by atoms with Crippen LogP contribution in [0.3, 0.4) is 0 Å². The van der Waals surface area contributed by atoms with Gasteiger partial charge in [-0.3, -0.25) is 9.59 Å². The summed E-state index contributed by atoms with van der Waals surface area (Å²) in [4.78, 5) is 23.2. The zero-order valence-corrected chi connectivity index (χ0v) is 12.6. The maximum absolute atomic E-state index is 11.8. The van der Waals surface area contributed by atoms with E-state index in [2.05, 4.69) is 5.32 Å². The van der Waals surface area contributed by atoms with Gasteiger partial charge in [-0.2, -0.15) is 0 Å². The van der Waals surface area contributed by atoms with Crippen LogP contribution >= 0.6 is 22.9 Å². The van der Waals surface area contributed by atoms with E-state index in [9.17, 15) is 9.59 Å². The highest BCUT2D eigenvalue weighted by Gasteiger charge is 2.06. The summed E-state index contributed by atoms with van der Waals surface area (Å²) in [6, 6.07) is 7.32. The normalized spacial score (nSPS) is 10.5. The summed E-state index contributed by atoms with van der Waals surface area (Å²) in [6.07, 6.45) is 0.297. The molecule has 0 unspecified atom stereocenters. The largest absolute Gasteiger partial charge is 0.352 e. The number of amides is 1. The Morgan fingerprint density at radius 2 is 2.05 bits per heavy atom. The second-order valence-corrected chi connectivity index (χ2v) is 5.70. The van der Waals surface area contributed by atoms with Gasteiger partial charge in [0.2, 0.25) is 5.91 Å². The Morgan fingerprint density at radius 1 is 1.35 bits per heavy atom. The van der Waals surface area contributed by atoms with E-state index in [1.165, 1.54) is 0 Å². The molecule has 0 saturated carbocycles. The number of thiazole rings is 1. The van der Waals surface area contributed by atoms with E-state index in [0.717, 1.165) is 22.6 Å². The van der Waals surface area contributed by atoms with E-state index in [4.69, 9.17) is 11.6 Å². The Bertz CT molecular complexity index is 646. The van der Waals surface area contributed by atoms with Gasteiger partial charge in [-0.15, -0.1) is 0 Å². The molecular formula is C14H15ClN2O2S. The quantitative estimate of drug-likeness (QED) is 0.923. The number of aryl methyl sites for hydroxylation is 1. The highest BCUT2D eigenvalue weighted by Crippen LogP contribution is 2.09. The van der Waals surface area contributed by atoms with Crippen LogP contribution in [0.5, 0.6) is 0 Å². The number of nitrogens with zero attached hydrogens (tertiary/aromatic N) is 1. The molecule has 1 N–H and O–H groups in total. The third kappa shape index (κ3) is 3.95. The van der Waals surface area contributed by atoms with Crippen molar-refractivity contribution < 1.29 is 4.79 Å². The predicted octanol–water partition coefficient (Wildman–Crippen LogP) is 2.58. The van der Waals surface area contributed by atoms with Gasteiger partial charge in [0.1, 0.15) is 0 Å². The Hall–Kier alpha value is -1.59. The van der Waals surface area contributed by atoms with Crippen LogP contribution in [0.25, 0.3) is 0 Å². The lowest BCUT2D eigenvalue weighted by atomic mass is 10.2. The van der Waals surface area contributed by atoms with E-state index in [0.29, 0.717) is 24.5 Å². The Morgan fingerprint density at radius 3 is 2.65 bits per heavy atom. The van der Waals surface area contributed by atoms with E-state index in [1.54, 1.807) is 22.1 Å². The molecule has 0 bridgehead atoms. The maximum atomic E-state index is 11.8. The maximum Gasteiger partial charge on any atom is 0.307 e. The first-order chi connectivity index (χ1) is 9.56. The van der Waals surface area contributed by atoms with Crippen molar-refractivity contribution in [3.05, 3.63) is 55.6 Å². The zero-order valence-electron chi connectivity index (χ0n) is 11.1. The van der Waals surface area contributed by atoms with Gasteiger partial charge in [-0.25, -0.2) is 0 Å². The van der Waals surface area contributed by atoms with Crippen molar-refractivity contribution in [2.24, 2.45) is 0 Å². The Balaban J connectivity index is 1.81. The van der Waals surface area contributed by atoms with Crippen molar-refractivity contribution in [1.29, 1.82) is 0 Å². The lowest BCUT2D eigenvalue weighted by molar-refractivity contribution is -0.121. The highest BCUT2D eigenvalue weighted by atomic mass is 35.5. The molecule has 0 aliphatic carbocycles. The van der Waals surface area contributed by atoms with Gasteiger partial charge in [0.15, 0.2) is 0 Å². The minimum atomic E-state index is -0.0718. The van der Waals surface area contributed by atoms with Crippen molar-refractivity contribution in [2.45, 2.75) is 26.4 Å². The number of hydrogen-bond acceptors (Lipinski definition) is 3. The molecule has 4 nitrogen and oxygen atoms in total. The first-order valence-corrected chi connectivity index (χ1v) is 7.48. The van der Waals surface area contributed by atoms with Crippen LogP contribution in [0.2, 0.25) is 5.02 Å². The van der Waals surface area contributed by atoms with Gasteiger partial charge >= 0.3 is 4.87 Å². The first-order valence-electron chi connectivity index (χ1n) is 6.22. The molecule has 1 aromatic heterocycles. The summed E-state index contributed by atoms with van der Waals surface area (Å²) in [7, 11) is 0. The van der Waals surface area contributed by atoms with Crippen molar-refractivity contribution in [1.82, 2.24) is 9.88 Å². The van der Waals surface area contributed by atoms with Crippen molar-refractivity contribution in [3.63, 3.8) is 0 Å². The van der Waals surface area contributed by atoms with E-state index < -0.39 is 0 Å². The molecule has 0 atom stereocenters. The lowest BCUT2D eigenvalue weighted by Gasteiger charge is -2.07. The monoisotopic (exact) mass is 310 g/mol. The fourth-order valence-corrected chi connectivity index (χ4v) is 2.67. The lowest BCUT2D eigenvalue weighted by Crippen LogP contribution is -2.25. The summed E-state index contributed by atoms with van der Waals surface area (Å²) in [5.74, 6) is -0.0718. The summed E-state index contributed by atoms with van der Waals surface area (Å²) >= 11 is 6.95. The minimum Gasteiger partial charge on any atom is -0.352 e. The Labute approximate surface area is 126 Å². The second-order valence-electron chi connectivity index (χ2n) is 4.45. The van der Waals surface area contributed by atoms with E-state index in [1.807, 2.05) is 19.1 Å². The summed E-state index contributed by atoms with van der Waals surface area (Å²) in [6.45, 7) is 2.75. The molecular weight excluding hydrogens is 296 g/mol. The molecule has 1 heterocycles. The third-order valence-electron chi connectivity index (χ3n) is 2.94. The molecule has 0 saturated heterocycles. The Kier molecular flexibility index (Phi) is 4.98. The molecule has 0 aliphatic rings. The summed E-state index contributed by atoms with van der Waals surface area (Å²) < 4.78 is 1.62. The van der Waals surface area contributed by atoms with Crippen LogP contribution in [0.15, 0.2) is 34.4 Å². The molecule has 106 valence electrons. The summed E-state index contributed by atoms with van der Waals surface area (Å²) in [5.41, 5.74) is 1.89. The average Bonchev–Trinajstić information content (AvgIpc) is 2.75. The number of rotatable bonds is 5. The molecule has 0 fully saturated rings. The van der Waals surface area contributed by atoms with E-state index >= 15 is 0 Å². The van der Waals surface area contributed by atoms with Gasteiger partial charge in [0, 0.05) is 35.6 Å². The predicted molar refractivity (Wildman–Crippen MR) is 81.2 cm³/mol. The van der Waals surface area contributed by atoms with Crippen LogP contribution in [0.4, 0.5) is 0 Å². The highest BCUT2D eigenvalue weighted by molar-refractivity contribution is 7.07. The minimum absolute atomic E-state index is 0.0204. The van der Waals surface area contributed by atoms with Gasteiger partial charge in [0.05, 0.1) is 0 Å². The molecule has 0 spiro atoms. The van der Waals surface area contributed by atoms with Crippen molar-refractivity contribution >= 4 is 28.8 Å². The van der Waals surface area contributed by atoms with Crippen LogP contribution in [0.1, 0.15) is 17.7 Å². The molecule has 6 heteroatoms. The molecule has 0 aliphatic heterocycles. The second kappa shape index (κ2) is 6.72. The molecule has 1 amide bonds. The molecule has 0 radical (unpaired) electrons. The first kappa shape index (κ1) is 14.8. The number of aromatic nitrogens is 1. The third-order valence-corrected chi connectivity index (χ3v) is 4.07. The van der Waals surface area contributed by atoms with Crippen LogP contribution < -0.4 is 10.2 Å². The van der Waals surface area contributed by atoms with Crippen LogP contribution in [-0.4, -0.2) is 10.5 Å². The van der Waals surface area contributed by atoms with Crippen molar-refractivity contribution in [3.8, 4) is 0 Å². The topological polar surface area (TPSA) is 51.1 Å². The molecule has 2 aromatic rings. The average molecular weight is 311 g/mol. The van der Waals surface area contributed by atoms with Crippen LogP contribution in [-0.2, 0) is 17.9 Å². The number of halogens is 1. The molecule has 20 heavy (non-hydrogen) atoms. The number of hydrogen-bond donors (Lipinski definition) is 1. The van der Waals surface area contributed by atoms with Gasteiger partial charge in [0.25, 0.3) is 0 Å². The summed E-state index contributed by atoms with van der Waals surface area (Å²) in [5, 5.41) is 5.30. The number of nitrogens with one attached hydrogen (secondary N) is 1. The van der Waals surface area contributed by atoms with Crippen LogP contribution in [0, 0.1) is 6.92 Å². The fourth-order valence-electron chi connectivity index (χ4n) is 1.78. The fraction of sp³-hybridized carbons (Fsp3) is 0.286. The number of carbonyl (C=O) groups is 1. The molecule has 2 rings (SSSR count). The van der Waals surface area contributed by atoms with Gasteiger partial charge in [-0.05, 0) is 24.6 Å². The zero-order chi connectivity index (χ0) is 14.5. The van der Waals surface area contributed by atoms with Gasteiger partial charge < -0.3 is 9.88 Å². The van der Waals surface area contributed by atoms with E-state index in [-0.39, 0.29) is 10.8 Å². The smallest absolute Gasteiger partial charge is 0.307 e. The number of carbonyl (C=O) groups excluding carboxylic acids is 1. The SMILES string of the molecule is Cc1csc(=O)n1CCC(=O)NCc1ccc(Cl)cc1.